The molecule has 0 aromatic heterocycles. The molecule has 18 rings (SSSR count). The van der Waals surface area contributed by atoms with Gasteiger partial charge in [-0.15, -0.1) is 0 Å². The Balaban J connectivity index is 0.000000396. The fraction of sp³-hybridized carbons (Fsp3) is 0.700. The van der Waals surface area contributed by atoms with Crippen LogP contribution in [0, 0.1) is 139 Å². The van der Waals surface area contributed by atoms with Crippen LogP contribution in [0.2, 0.25) is 0 Å². The molecule has 0 amide bonds. The molecule has 680 valence electrons. The lowest BCUT2D eigenvalue weighted by molar-refractivity contribution is 0.124. The van der Waals surface area contributed by atoms with Gasteiger partial charge in [0.1, 0.15) is 0 Å². The van der Waals surface area contributed by atoms with Crippen molar-refractivity contribution in [2.24, 2.45) is 118 Å². The van der Waals surface area contributed by atoms with E-state index in [2.05, 4.69) is 223 Å². The van der Waals surface area contributed by atoms with E-state index in [0.717, 1.165) is 136 Å². The van der Waals surface area contributed by atoms with Gasteiger partial charge in [-0.3, -0.25) is 0 Å². The first-order valence-electron chi connectivity index (χ1n) is 52.8. The van der Waals surface area contributed by atoms with Crippen LogP contribution in [0.1, 0.15) is 442 Å². The van der Waals surface area contributed by atoms with Gasteiger partial charge in [0.25, 0.3) is 0 Å². The first-order valence-corrected chi connectivity index (χ1v) is 52.8. The van der Waals surface area contributed by atoms with Crippen molar-refractivity contribution in [1.82, 2.24) is 0 Å². The molecule has 0 spiro atoms. The summed E-state index contributed by atoms with van der Waals surface area (Å²) in [5.41, 5.74) is 19.3. The van der Waals surface area contributed by atoms with Gasteiger partial charge in [0.2, 0.25) is 0 Å². The van der Waals surface area contributed by atoms with Gasteiger partial charge in [0, 0.05) is 14.3 Å². The lowest BCUT2D eigenvalue weighted by atomic mass is 9.66. The van der Waals surface area contributed by atoms with E-state index in [1.54, 1.807) is 49.7 Å². The number of hydrogen-bond acceptors (Lipinski definition) is 0. The zero-order valence-corrected chi connectivity index (χ0v) is 79.7. The third-order valence-corrected chi connectivity index (χ3v) is 36.0. The lowest BCUT2D eigenvalue weighted by Gasteiger charge is -2.40. The first-order chi connectivity index (χ1) is 58.3. The minimum atomic E-state index is 0. The molecular weight excluding hydrogens is 1440 g/mol. The molecule has 3 unspecified atom stereocenters. The van der Waals surface area contributed by atoms with E-state index in [4.69, 9.17) is 0 Å². The van der Waals surface area contributed by atoms with Gasteiger partial charge in [-0.05, 0) is 427 Å². The van der Waals surface area contributed by atoms with Crippen LogP contribution < -0.4 is 0 Å². The second kappa shape index (κ2) is 47.8. The van der Waals surface area contributed by atoms with E-state index >= 15 is 0 Å². The molecule has 5 aromatic rings. The molecule has 3 atom stereocenters. The van der Waals surface area contributed by atoms with Gasteiger partial charge in [0.15, 0.2) is 0 Å². The Kier molecular flexibility index (Phi) is 37.0. The van der Waals surface area contributed by atoms with Crippen LogP contribution in [-0.4, -0.2) is 0 Å². The molecule has 13 aliphatic rings. The van der Waals surface area contributed by atoms with Crippen molar-refractivity contribution in [2.75, 3.05) is 0 Å². The van der Waals surface area contributed by atoms with Crippen molar-refractivity contribution < 1.29 is 14.3 Å². The smallest absolute Gasteiger partial charge is 0 e. The molecule has 0 heterocycles. The molecule has 0 radical (unpaired) electrons. The van der Waals surface area contributed by atoms with Gasteiger partial charge in [-0.2, -0.15) is 0 Å². The summed E-state index contributed by atoms with van der Waals surface area (Å²) >= 11 is 0. The van der Waals surface area contributed by atoms with E-state index < -0.39 is 0 Å². The predicted octanol–water partition coefficient (Wildman–Crippen LogP) is 39.6. The Morgan fingerprint density at radius 1 is 0.175 bits per heavy atom. The molecule has 0 nitrogen and oxygen atoms in total. The Bertz CT molecular complexity index is 3680. The zero-order chi connectivity index (χ0) is 83.7. The molecule has 5 aromatic carbocycles. The summed E-state index contributed by atoms with van der Waals surface area (Å²) in [7, 11) is 0. The van der Waals surface area contributed by atoms with Crippen LogP contribution in [0.25, 0.3) is 22.3 Å². The SMILES string of the molecule is CC1=CCC(C2CCC(C3CCC(C)CC3)CC2)CC1.CC1CC=C(C2CCC(C3CCC(C)CC3)CC2)CC1.CC1CCC(C2=CCC(C3CCC(C)CC3)CC2)CC1.Cc1ccc(-c2ccc(C3CCC(C)CC3)cc2)cc1.Cc1ccc(-c2ccc(C3CCC(C)CC3)cc2)cc1.Cc1ccc(C2CCC(C3CCC(C)CC3)CC2)cc1.[HH].[HH].[HH].[HH].[HH].[HH].[HH].[HH].[HH].[HH]. The van der Waals surface area contributed by atoms with Crippen molar-refractivity contribution in [1.29, 1.82) is 0 Å². The topological polar surface area (TPSA) is 0 Å². The standard InChI is InChI=1S/3C20H34.C20H30.2C20H24.10H2/c6*1-15-3-7-17(8-4-15)19-11-13-20(14-12-19)18-9-5-16(2)6-10-18;;;;;;;;;;/h11,15-18,20H,3-10,12-14H2,1-2H3;7,15-16,18-20H,3-6,8-14H2,1-2H3;3,16-20H,4-14H2,1-2H3;3-4,7-8,16,18-20H,5-6,9-14H2,1-2H3;2*3-4,7-8,11-14,16,18H,5-6,9-10H2,1-2H3;10*1H. The monoisotopic (exact) mass is 1640 g/mol. The van der Waals surface area contributed by atoms with Crippen LogP contribution in [-0.2, 0) is 0 Å². The largest absolute Gasteiger partial charge is 0.0853 e. The molecule has 0 bridgehead atoms. The van der Waals surface area contributed by atoms with Crippen molar-refractivity contribution >= 4 is 0 Å². The average Bonchev–Trinajstić information content (AvgIpc) is 0.856. The van der Waals surface area contributed by atoms with Crippen molar-refractivity contribution in [3.8, 4) is 22.3 Å². The summed E-state index contributed by atoms with van der Waals surface area (Å²) in [6, 6.07) is 45.4. The number of allylic oxidation sites excluding steroid dienone is 6. The molecule has 10 fully saturated rings. The highest BCUT2D eigenvalue weighted by atomic mass is 14.4. The van der Waals surface area contributed by atoms with Crippen LogP contribution in [0.15, 0.2) is 156 Å². The van der Waals surface area contributed by atoms with E-state index in [1.165, 1.54) is 326 Å². The highest BCUT2D eigenvalue weighted by molar-refractivity contribution is 5.65. The van der Waals surface area contributed by atoms with Crippen LogP contribution >= 0.6 is 0 Å². The maximum atomic E-state index is 2.69. The van der Waals surface area contributed by atoms with Crippen LogP contribution in [0.5, 0.6) is 0 Å². The third kappa shape index (κ3) is 28.7. The van der Waals surface area contributed by atoms with E-state index in [0.29, 0.717) is 0 Å². The fourth-order valence-electron chi connectivity index (χ4n) is 26.5. The van der Waals surface area contributed by atoms with E-state index in [9.17, 15) is 0 Å². The van der Waals surface area contributed by atoms with Crippen molar-refractivity contribution in [3.05, 3.63) is 190 Å². The fourth-order valence-corrected chi connectivity index (χ4v) is 26.5. The molecular formula is C120H200. The Hall–Kier alpha value is -4.68. The van der Waals surface area contributed by atoms with Crippen LogP contribution in [0.4, 0.5) is 0 Å². The highest BCUT2D eigenvalue weighted by Crippen LogP contribution is 2.50. The number of aryl methyl sites for hydroxylation is 3. The molecule has 13 aliphatic carbocycles. The third-order valence-electron chi connectivity index (χ3n) is 36.0. The van der Waals surface area contributed by atoms with Gasteiger partial charge in [-0.1, -0.05) is 318 Å². The lowest BCUT2D eigenvalue weighted by Crippen LogP contribution is -2.28. The second-order valence-corrected chi connectivity index (χ2v) is 45.3. The summed E-state index contributed by atoms with van der Waals surface area (Å²) < 4.78 is 0. The molecule has 0 saturated heterocycles. The Morgan fingerprint density at radius 2 is 0.383 bits per heavy atom. The predicted molar refractivity (Wildman–Crippen MR) is 545 cm³/mol. The number of hydrogen-bond donors (Lipinski definition) is 0. The van der Waals surface area contributed by atoms with Gasteiger partial charge >= 0.3 is 0 Å². The van der Waals surface area contributed by atoms with E-state index in [1.807, 2.05) is 11.1 Å². The van der Waals surface area contributed by atoms with Crippen molar-refractivity contribution in [2.45, 2.75) is 415 Å². The average molecular weight is 1640 g/mol. The first kappa shape index (κ1) is 93.0. The highest BCUT2D eigenvalue weighted by Gasteiger charge is 2.37. The maximum Gasteiger partial charge on any atom is 0 e. The van der Waals surface area contributed by atoms with Gasteiger partial charge in [-0.25, -0.2) is 0 Å². The van der Waals surface area contributed by atoms with Crippen LogP contribution in [0.3, 0.4) is 0 Å². The molecule has 10 saturated carbocycles. The minimum Gasteiger partial charge on any atom is -0.0853 e. The summed E-state index contributed by atoms with van der Waals surface area (Å²) in [6.07, 6.45) is 80.0. The molecule has 0 aliphatic heterocycles. The summed E-state index contributed by atoms with van der Waals surface area (Å²) in [4.78, 5) is 0. The van der Waals surface area contributed by atoms with Crippen molar-refractivity contribution in [3.63, 3.8) is 0 Å². The van der Waals surface area contributed by atoms with Gasteiger partial charge in [0.05, 0.1) is 0 Å². The molecule has 120 heavy (non-hydrogen) atoms. The summed E-state index contributed by atoms with van der Waals surface area (Å²) in [6.45, 7) is 28.2. The Morgan fingerprint density at radius 3 is 0.658 bits per heavy atom. The summed E-state index contributed by atoms with van der Waals surface area (Å²) in [5, 5.41) is 0. The quantitative estimate of drug-likeness (QED) is 0.109. The summed E-state index contributed by atoms with van der Waals surface area (Å²) in [5.74, 6) is 22.9. The number of rotatable bonds is 12. The van der Waals surface area contributed by atoms with Gasteiger partial charge < -0.3 is 0 Å². The van der Waals surface area contributed by atoms with E-state index in [-0.39, 0.29) is 14.3 Å². The Labute approximate surface area is 755 Å². The number of benzene rings is 5. The maximum absolute atomic E-state index is 2.69. The second-order valence-electron chi connectivity index (χ2n) is 45.3. The minimum absolute atomic E-state index is 0. The normalized spacial score (nSPS) is 34.9. The molecule has 0 N–H and O–H groups in total. The molecule has 0 heteroatoms. The zero-order valence-electron chi connectivity index (χ0n) is 79.7.